The zero-order chi connectivity index (χ0) is 14.7. The third kappa shape index (κ3) is 1.82. The molecule has 3 fully saturated rings. The molecule has 4 atom stereocenters. The van der Waals surface area contributed by atoms with Gasteiger partial charge < -0.3 is 10.1 Å². The van der Waals surface area contributed by atoms with E-state index in [9.17, 15) is 0 Å². The van der Waals surface area contributed by atoms with Gasteiger partial charge in [0.2, 0.25) is 0 Å². The summed E-state index contributed by atoms with van der Waals surface area (Å²) in [4.78, 5) is 5.03. The van der Waals surface area contributed by atoms with E-state index in [0.717, 1.165) is 18.2 Å². The van der Waals surface area contributed by atoms with Crippen LogP contribution in [0.25, 0.3) is 0 Å². The number of rotatable bonds is 1. The topological polar surface area (TPSA) is 33.6 Å². The smallest absolute Gasteiger partial charge is 0.289 e. The Hall–Kier alpha value is -1.51. The van der Waals surface area contributed by atoms with Crippen LogP contribution in [0.15, 0.2) is 35.3 Å². The van der Waals surface area contributed by atoms with E-state index in [0.29, 0.717) is 23.3 Å². The van der Waals surface area contributed by atoms with Crippen molar-refractivity contribution in [2.45, 2.75) is 39.2 Å². The molecule has 1 N–H and O–H groups in total. The molecule has 1 aliphatic heterocycles. The second-order valence-electron chi connectivity index (χ2n) is 7.68. The number of anilines is 1. The number of amidine groups is 1. The van der Waals surface area contributed by atoms with Crippen LogP contribution >= 0.6 is 0 Å². The van der Waals surface area contributed by atoms with E-state index in [2.05, 4.69) is 26.1 Å². The predicted octanol–water partition coefficient (Wildman–Crippen LogP) is 3.93. The molecule has 3 aliphatic carbocycles. The maximum absolute atomic E-state index is 5.89. The van der Waals surface area contributed by atoms with Crippen LogP contribution in [0.5, 0.6) is 0 Å². The molecule has 0 radical (unpaired) electrons. The minimum Gasteiger partial charge on any atom is -0.465 e. The average molecular weight is 284 g/mol. The highest BCUT2D eigenvalue weighted by Gasteiger charge is 2.64. The quantitative estimate of drug-likeness (QED) is 0.848. The first kappa shape index (κ1) is 13.2. The zero-order valence-corrected chi connectivity index (χ0v) is 13.1. The maximum Gasteiger partial charge on any atom is 0.289 e. The summed E-state index contributed by atoms with van der Waals surface area (Å²) in [6.07, 6.45) is 2.60. The van der Waals surface area contributed by atoms with Gasteiger partial charge in [-0.05, 0) is 49.1 Å². The van der Waals surface area contributed by atoms with Crippen molar-refractivity contribution in [3.63, 3.8) is 0 Å². The number of hydrogen-bond acceptors (Lipinski definition) is 3. The van der Waals surface area contributed by atoms with Crippen molar-refractivity contribution >= 4 is 11.7 Å². The summed E-state index contributed by atoms with van der Waals surface area (Å²) in [6, 6.07) is 10.9. The summed E-state index contributed by atoms with van der Waals surface area (Å²) >= 11 is 0. The standard InChI is InChI=1S/C18H24N2O/c1-17(2)12-9-13-11-21-16(19-14-7-5-4-6-8-14)20-18(13,3)15(17)10-12/h4-8,12-13,15H,9-11H2,1-3H3,(H,19,20)/t12-,13+,15+,18-/m0/s1. The molecule has 112 valence electrons. The van der Waals surface area contributed by atoms with E-state index in [1.54, 1.807) is 0 Å². The normalized spacial score (nSPS) is 39.4. The number of benzene rings is 1. The zero-order valence-electron chi connectivity index (χ0n) is 13.1. The van der Waals surface area contributed by atoms with Gasteiger partial charge in [0.05, 0.1) is 12.1 Å². The molecular weight excluding hydrogens is 260 g/mol. The molecule has 1 aromatic carbocycles. The number of ether oxygens (including phenoxy) is 1. The van der Waals surface area contributed by atoms with Crippen molar-refractivity contribution in [2.75, 3.05) is 11.9 Å². The molecule has 21 heavy (non-hydrogen) atoms. The Kier molecular flexibility index (Phi) is 2.66. The summed E-state index contributed by atoms with van der Waals surface area (Å²) in [6.45, 7) is 7.98. The fraction of sp³-hybridized carbons (Fsp3) is 0.611. The lowest BCUT2D eigenvalue weighted by Gasteiger charge is -2.66. The van der Waals surface area contributed by atoms with Gasteiger partial charge in [-0.15, -0.1) is 0 Å². The molecule has 0 unspecified atom stereocenters. The Bertz CT molecular complexity index is 580. The van der Waals surface area contributed by atoms with Crippen molar-refractivity contribution in [3.05, 3.63) is 30.3 Å². The molecule has 0 aromatic heterocycles. The molecule has 2 bridgehead atoms. The highest BCUT2D eigenvalue weighted by atomic mass is 16.5. The average Bonchev–Trinajstić information content (AvgIpc) is 2.46. The lowest BCUT2D eigenvalue weighted by Crippen LogP contribution is -2.65. The van der Waals surface area contributed by atoms with Crippen LogP contribution in [-0.2, 0) is 4.74 Å². The van der Waals surface area contributed by atoms with Crippen molar-refractivity contribution in [3.8, 4) is 0 Å². The van der Waals surface area contributed by atoms with Crippen LogP contribution in [0.1, 0.15) is 33.6 Å². The lowest BCUT2D eigenvalue weighted by atomic mass is 9.41. The van der Waals surface area contributed by atoms with E-state index in [-0.39, 0.29) is 5.54 Å². The van der Waals surface area contributed by atoms with Gasteiger partial charge in [-0.3, -0.25) is 0 Å². The summed E-state index contributed by atoms with van der Waals surface area (Å²) < 4.78 is 5.89. The van der Waals surface area contributed by atoms with Crippen molar-refractivity contribution in [1.29, 1.82) is 0 Å². The van der Waals surface area contributed by atoms with Gasteiger partial charge in [0.15, 0.2) is 0 Å². The van der Waals surface area contributed by atoms with Crippen LogP contribution in [0.2, 0.25) is 0 Å². The van der Waals surface area contributed by atoms with E-state index >= 15 is 0 Å². The first-order valence-electron chi connectivity index (χ1n) is 8.05. The molecule has 0 saturated heterocycles. The molecule has 1 heterocycles. The Morgan fingerprint density at radius 3 is 2.57 bits per heavy atom. The maximum atomic E-state index is 5.89. The highest BCUT2D eigenvalue weighted by Crippen LogP contribution is 2.66. The van der Waals surface area contributed by atoms with Gasteiger partial charge in [-0.2, -0.15) is 0 Å². The largest absolute Gasteiger partial charge is 0.465 e. The molecule has 3 heteroatoms. The first-order chi connectivity index (χ1) is 10.00. The molecule has 0 spiro atoms. The van der Waals surface area contributed by atoms with Gasteiger partial charge >= 0.3 is 0 Å². The third-order valence-corrected chi connectivity index (χ3v) is 6.36. The second kappa shape index (κ2) is 4.25. The van der Waals surface area contributed by atoms with E-state index in [1.807, 2.05) is 30.3 Å². The Morgan fingerprint density at radius 2 is 1.86 bits per heavy atom. The van der Waals surface area contributed by atoms with E-state index in [1.165, 1.54) is 12.8 Å². The molecular formula is C18H24N2O. The molecule has 0 amide bonds. The summed E-state index contributed by atoms with van der Waals surface area (Å²) in [7, 11) is 0. The second-order valence-corrected chi connectivity index (χ2v) is 7.68. The fourth-order valence-corrected chi connectivity index (χ4v) is 4.82. The summed E-state index contributed by atoms with van der Waals surface area (Å²) in [5.41, 5.74) is 1.51. The van der Waals surface area contributed by atoms with Crippen LogP contribution in [-0.4, -0.2) is 18.2 Å². The van der Waals surface area contributed by atoms with Gasteiger partial charge in [-0.25, -0.2) is 4.99 Å². The van der Waals surface area contributed by atoms with Gasteiger partial charge in [0.1, 0.15) is 0 Å². The fourth-order valence-electron chi connectivity index (χ4n) is 4.82. The molecule has 3 saturated carbocycles. The molecule has 5 rings (SSSR count). The number of aliphatic imine (C=N–C) groups is 1. The van der Waals surface area contributed by atoms with Crippen molar-refractivity contribution in [1.82, 2.24) is 0 Å². The Balaban J connectivity index is 1.62. The summed E-state index contributed by atoms with van der Waals surface area (Å²) in [5.74, 6) is 2.13. The third-order valence-electron chi connectivity index (χ3n) is 6.36. The predicted molar refractivity (Wildman–Crippen MR) is 85.3 cm³/mol. The number of nitrogens with one attached hydrogen (secondary N) is 1. The minimum absolute atomic E-state index is 0.0353. The van der Waals surface area contributed by atoms with Crippen LogP contribution in [0.3, 0.4) is 0 Å². The molecule has 1 aromatic rings. The SMILES string of the molecule is CC1(C)[C@H]2C[C@@H]3COC(Nc4ccccc4)=N[C@]3(C)[C@@H]1C2. The first-order valence-corrected chi connectivity index (χ1v) is 8.05. The lowest BCUT2D eigenvalue weighted by molar-refractivity contribution is -0.153. The summed E-state index contributed by atoms with van der Waals surface area (Å²) in [5, 5.41) is 3.33. The highest BCUT2D eigenvalue weighted by molar-refractivity contribution is 5.89. The Morgan fingerprint density at radius 1 is 1.10 bits per heavy atom. The minimum atomic E-state index is 0.0353. The van der Waals surface area contributed by atoms with Crippen molar-refractivity contribution in [2.24, 2.45) is 28.2 Å². The molecule has 4 aliphatic rings. The number of nitrogens with zero attached hydrogens (tertiary/aromatic N) is 1. The Labute approximate surface area is 126 Å². The number of hydrogen-bond donors (Lipinski definition) is 1. The van der Waals surface area contributed by atoms with Gasteiger partial charge in [0.25, 0.3) is 6.02 Å². The van der Waals surface area contributed by atoms with E-state index in [4.69, 9.17) is 9.73 Å². The number of para-hydroxylation sites is 1. The monoisotopic (exact) mass is 284 g/mol. The van der Waals surface area contributed by atoms with Crippen LogP contribution in [0.4, 0.5) is 5.69 Å². The van der Waals surface area contributed by atoms with Crippen molar-refractivity contribution < 1.29 is 4.74 Å². The molecule has 3 nitrogen and oxygen atoms in total. The van der Waals surface area contributed by atoms with E-state index < -0.39 is 0 Å². The van der Waals surface area contributed by atoms with Crippen LogP contribution < -0.4 is 5.32 Å². The van der Waals surface area contributed by atoms with Crippen LogP contribution in [0, 0.1) is 23.2 Å². The van der Waals surface area contributed by atoms with Gasteiger partial charge in [0, 0.05) is 11.6 Å². The van der Waals surface area contributed by atoms with Gasteiger partial charge in [-0.1, -0.05) is 32.0 Å².